The highest BCUT2D eigenvalue weighted by Gasteiger charge is 2.35. The second-order valence-corrected chi connectivity index (χ2v) is 6.58. The number of hydrogen-bond acceptors (Lipinski definition) is 5. The van der Waals surface area contributed by atoms with Crippen molar-refractivity contribution in [1.29, 1.82) is 0 Å². The summed E-state index contributed by atoms with van der Waals surface area (Å²) in [5, 5.41) is 26.1. The maximum absolute atomic E-state index is 11.1. The van der Waals surface area contributed by atoms with Crippen LogP contribution in [0.25, 0.3) is 10.8 Å². The predicted octanol–water partition coefficient (Wildman–Crippen LogP) is 3.50. The van der Waals surface area contributed by atoms with Gasteiger partial charge in [0.2, 0.25) is 0 Å². The van der Waals surface area contributed by atoms with E-state index < -0.39 is 0 Å². The molecule has 1 aliphatic rings. The molecule has 122 valence electrons. The third-order valence-corrected chi connectivity index (χ3v) is 4.95. The Morgan fingerprint density at radius 2 is 2.22 bits per heavy atom. The Morgan fingerprint density at radius 1 is 1.39 bits per heavy atom. The van der Waals surface area contributed by atoms with E-state index in [4.69, 9.17) is 0 Å². The SMILES string of the molecule is CC1(CNc2ccc([N+](=O)[O-])c3cnccc23)CCCCC1O. The highest BCUT2D eigenvalue weighted by Crippen LogP contribution is 2.37. The van der Waals surface area contributed by atoms with Crippen LogP contribution in [0, 0.1) is 15.5 Å². The van der Waals surface area contributed by atoms with Crippen LogP contribution < -0.4 is 5.32 Å². The molecule has 1 aromatic carbocycles. The molecule has 3 rings (SSSR count). The number of fused-ring (bicyclic) bond motifs is 1. The smallest absolute Gasteiger partial charge is 0.278 e. The number of non-ortho nitro benzene ring substituents is 1. The summed E-state index contributed by atoms with van der Waals surface area (Å²) >= 11 is 0. The summed E-state index contributed by atoms with van der Waals surface area (Å²) in [6.07, 6.45) is 6.86. The van der Waals surface area contributed by atoms with E-state index in [1.807, 2.05) is 0 Å². The Kier molecular flexibility index (Phi) is 4.17. The molecule has 2 atom stereocenters. The fourth-order valence-electron chi connectivity index (χ4n) is 3.37. The maximum atomic E-state index is 11.1. The van der Waals surface area contributed by atoms with Gasteiger partial charge in [0.25, 0.3) is 5.69 Å². The van der Waals surface area contributed by atoms with Crippen LogP contribution in [-0.4, -0.2) is 27.7 Å². The minimum atomic E-state index is -0.389. The molecule has 0 amide bonds. The monoisotopic (exact) mass is 315 g/mol. The van der Waals surface area contributed by atoms with Gasteiger partial charge in [-0.3, -0.25) is 15.1 Å². The van der Waals surface area contributed by atoms with Gasteiger partial charge in [0, 0.05) is 41.5 Å². The number of aliphatic hydroxyl groups excluding tert-OH is 1. The summed E-state index contributed by atoms with van der Waals surface area (Å²) in [6, 6.07) is 5.02. The van der Waals surface area contributed by atoms with Gasteiger partial charge >= 0.3 is 0 Å². The average Bonchev–Trinajstić information content (AvgIpc) is 2.55. The molecule has 2 aromatic rings. The zero-order valence-electron chi connectivity index (χ0n) is 13.2. The fraction of sp³-hybridized carbons (Fsp3) is 0.471. The maximum Gasteiger partial charge on any atom is 0.278 e. The van der Waals surface area contributed by atoms with Gasteiger partial charge in [0.15, 0.2) is 0 Å². The summed E-state index contributed by atoms with van der Waals surface area (Å²) < 4.78 is 0. The quantitative estimate of drug-likeness (QED) is 0.666. The lowest BCUT2D eigenvalue weighted by atomic mass is 9.73. The molecule has 0 radical (unpaired) electrons. The number of benzene rings is 1. The van der Waals surface area contributed by atoms with Gasteiger partial charge in [-0.2, -0.15) is 0 Å². The number of rotatable bonds is 4. The van der Waals surface area contributed by atoms with Crippen molar-refractivity contribution in [3.63, 3.8) is 0 Å². The molecule has 1 saturated carbocycles. The van der Waals surface area contributed by atoms with Crippen LogP contribution in [0.3, 0.4) is 0 Å². The first-order valence-electron chi connectivity index (χ1n) is 7.94. The summed E-state index contributed by atoms with van der Waals surface area (Å²) in [4.78, 5) is 14.8. The van der Waals surface area contributed by atoms with Crippen LogP contribution >= 0.6 is 0 Å². The van der Waals surface area contributed by atoms with Gasteiger partial charge in [-0.05, 0) is 25.0 Å². The average molecular weight is 315 g/mol. The fourth-order valence-corrected chi connectivity index (χ4v) is 3.37. The minimum absolute atomic E-state index is 0.0579. The van der Waals surface area contributed by atoms with E-state index >= 15 is 0 Å². The topological polar surface area (TPSA) is 88.3 Å². The van der Waals surface area contributed by atoms with Crippen molar-refractivity contribution in [3.05, 3.63) is 40.7 Å². The van der Waals surface area contributed by atoms with Gasteiger partial charge in [0.1, 0.15) is 0 Å². The first-order chi connectivity index (χ1) is 11.0. The highest BCUT2D eigenvalue weighted by molar-refractivity contribution is 5.99. The molecular weight excluding hydrogens is 294 g/mol. The Bertz CT molecular complexity index is 734. The molecule has 2 unspecified atom stereocenters. The highest BCUT2D eigenvalue weighted by atomic mass is 16.6. The second kappa shape index (κ2) is 6.12. The lowest BCUT2D eigenvalue weighted by Crippen LogP contribution is -2.41. The molecule has 2 N–H and O–H groups in total. The standard InChI is InChI=1S/C17H21N3O3/c1-17(8-3-2-4-16(17)21)11-19-14-5-6-15(20(22)23)13-10-18-9-7-12(13)14/h5-7,9-10,16,19,21H,2-4,8,11H2,1H3. The zero-order chi connectivity index (χ0) is 16.4. The van der Waals surface area contributed by atoms with Crippen molar-refractivity contribution in [2.45, 2.75) is 38.7 Å². The summed E-state index contributed by atoms with van der Waals surface area (Å²) in [6.45, 7) is 2.74. The van der Waals surface area contributed by atoms with E-state index in [1.165, 1.54) is 12.3 Å². The summed E-state index contributed by atoms with van der Waals surface area (Å²) in [5.74, 6) is 0. The molecule has 6 heteroatoms. The third-order valence-electron chi connectivity index (χ3n) is 4.95. The van der Waals surface area contributed by atoms with E-state index in [2.05, 4.69) is 17.2 Å². The Morgan fingerprint density at radius 3 is 2.96 bits per heavy atom. The normalized spacial score (nSPS) is 24.5. The third kappa shape index (κ3) is 2.99. The first-order valence-corrected chi connectivity index (χ1v) is 7.94. The minimum Gasteiger partial charge on any atom is -0.392 e. The number of pyridine rings is 1. The number of nitrogens with one attached hydrogen (secondary N) is 1. The molecule has 1 aliphatic carbocycles. The molecular formula is C17H21N3O3. The molecule has 0 bridgehead atoms. The summed E-state index contributed by atoms with van der Waals surface area (Å²) in [5.41, 5.74) is 0.730. The van der Waals surface area contributed by atoms with Crippen LogP contribution in [0.4, 0.5) is 11.4 Å². The molecule has 0 aliphatic heterocycles. The van der Waals surface area contributed by atoms with Gasteiger partial charge in [-0.1, -0.05) is 19.8 Å². The molecule has 0 saturated heterocycles. The van der Waals surface area contributed by atoms with E-state index in [0.717, 1.165) is 36.8 Å². The van der Waals surface area contributed by atoms with Crippen molar-refractivity contribution in [3.8, 4) is 0 Å². The van der Waals surface area contributed by atoms with Crippen LogP contribution in [0.15, 0.2) is 30.6 Å². The van der Waals surface area contributed by atoms with Gasteiger partial charge in [0.05, 0.1) is 16.4 Å². The Labute approximate surface area is 134 Å². The molecule has 1 heterocycles. The van der Waals surface area contributed by atoms with Crippen molar-refractivity contribution in [2.75, 3.05) is 11.9 Å². The van der Waals surface area contributed by atoms with E-state index in [9.17, 15) is 15.2 Å². The zero-order valence-corrected chi connectivity index (χ0v) is 13.2. The molecule has 1 aromatic heterocycles. The van der Waals surface area contributed by atoms with Crippen molar-refractivity contribution >= 4 is 22.1 Å². The van der Waals surface area contributed by atoms with Gasteiger partial charge < -0.3 is 10.4 Å². The van der Waals surface area contributed by atoms with Crippen LogP contribution in [0.1, 0.15) is 32.6 Å². The number of anilines is 1. The van der Waals surface area contributed by atoms with Crippen molar-refractivity contribution in [2.24, 2.45) is 5.41 Å². The lowest BCUT2D eigenvalue weighted by molar-refractivity contribution is -0.383. The summed E-state index contributed by atoms with van der Waals surface area (Å²) in [7, 11) is 0. The Hall–Kier alpha value is -2.21. The van der Waals surface area contributed by atoms with Crippen LogP contribution in [0.5, 0.6) is 0 Å². The van der Waals surface area contributed by atoms with E-state index in [-0.39, 0.29) is 22.1 Å². The number of hydrogen-bond donors (Lipinski definition) is 2. The van der Waals surface area contributed by atoms with Gasteiger partial charge in [-0.25, -0.2) is 0 Å². The van der Waals surface area contributed by atoms with Crippen LogP contribution in [-0.2, 0) is 0 Å². The molecule has 23 heavy (non-hydrogen) atoms. The van der Waals surface area contributed by atoms with Crippen molar-refractivity contribution < 1.29 is 10.0 Å². The molecule has 6 nitrogen and oxygen atoms in total. The molecule has 0 spiro atoms. The first kappa shape index (κ1) is 15.7. The number of aromatic nitrogens is 1. The van der Waals surface area contributed by atoms with E-state index in [0.29, 0.717) is 11.9 Å². The largest absolute Gasteiger partial charge is 0.392 e. The number of aliphatic hydroxyl groups is 1. The second-order valence-electron chi connectivity index (χ2n) is 6.58. The van der Waals surface area contributed by atoms with Gasteiger partial charge in [-0.15, -0.1) is 0 Å². The van der Waals surface area contributed by atoms with Crippen molar-refractivity contribution in [1.82, 2.24) is 4.98 Å². The van der Waals surface area contributed by atoms with Crippen LogP contribution in [0.2, 0.25) is 0 Å². The Balaban J connectivity index is 1.89. The molecule has 1 fully saturated rings. The predicted molar refractivity (Wildman–Crippen MR) is 89.5 cm³/mol. The number of nitrogens with zero attached hydrogens (tertiary/aromatic N) is 2. The number of nitro benzene ring substituents is 1. The lowest BCUT2D eigenvalue weighted by Gasteiger charge is -2.38. The number of nitro groups is 1. The van der Waals surface area contributed by atoms with E-state index in [1.54, 1.807) is 18.3 Å².